The predicted molar refractivity (Wildman–Crippen MR) is 66.1 cm³/mol. The van der Waals surface area contributed by atoms with Crippen molar-refractivity contribution in [1.82, 2.24) is 0 Å². The minimum atomic E-state index is -1.10. The van der Waals surface area contributed by atoms with Crippen LogP contribution in [0.5, 0.6) is 0 Å². The van der Waals surface area contributed by atoms with E-state index < -0.39 is 16.8 Å². The number of aromatic carboxylic acids is 1. The Morgan fingerprint density at radius 3 is 2.83 bits per heavy atom. The van der Waals surface area contributed by atoms with Crippen molar-refractivity contribution < 1.29 is 23.3 Å². The van der Waals surface area contributed by atoms with Gasteiger partial charge in [-0.2, -0.15) is 0 Å². The number of carboxylic acid groups (broad SMARTS) is 1. The second kappa shape index (κ2) is 5.24. The Bertz CT molecular complexity index is 479. The Morgan fingerprint density at radius 1 is 1.61 bits per heavy atom. The maximum Gasteiger partial charge on any atom is 0.372 e. The van der Waals surface area contributed by atoms with E-state index in [0.717, 1.165) is 6.42 Å². The molecule has 0 bridgehead atoms. The summed E-state index contributed by atoms with van der Waals surface area (Å²) in [6.07, 6.45) is 0.764. The Balaban J connectivity index is 2.07. The van der Waals surface area contributed by atoms with E-state index in [9.17, 15) is 9.00 Å². The van der Waals surface area contributed by atoms with Gasteiger partial charge in [0.15, 0.2) is 0 Å². The monoisotopic (exact) mass is 272 g/mol. The van der Waals surface area contributed by atoms with E-state index >= 15 is 0 Å². The van der Waals surface area contributed by atoms with Crippen molar-refractivity contribution in [1.29, 1.82) is 0 Å². The van der Waals surface area contributed by atoms with Crippen molar-refractivity contribution in [3.63, 3.8) is 0 Å². The first kappa shape index (κ1) is 13.3. The molecule has 1 aromatic rings. The molecule has 1 aromatic heterocycles. The standard InChI is InChI=1S/C12H16O5S/c1-7-5-9(17-11(7)12(13)14)6-18(15)10-3-4-16-8(10)2/h5,8,10H,3-4,6H2,1-2H3,(H,13,14). The molecule has 1 fully saturated rings. The molecule has 6 heteroatoms. The molecule has 0 aliphatic carbocycles. The third-order valence-corrected chi connectivity index (χ3v) is 4.96. The summed E-state index contributed by atoms with van der Waals surface area (Å²) in [5.74, 6) is -0.464. The molecule has 100 valence electrons. The molecule has 1 saturated heterocycles. The smallest absolute Gasteiger partial charge is 0.372 e. The Hall–Kier alpha value is -1.14. The molecule has 1 N–H and O–H groups in total. The molecule has 0 radical (unpaired) electrons. The minimum absolute atomic E-state index is 0.00341. The second-order valence-electron chi connectivity index (χ2n) is 4.46. The molecule has 0 aromatic carbocycles. The number of rotatable bonds is 4. The van der Waals surface area contributed by atoms with Crippen molar-refractivity contribution in [3.8, 4) is 0 Å². The molecule has 0 amide bonds. The second-order valence-corrected chi connectivity index (χ2v) is 6.11. The minimum Gasteiger partial charge on any atom is -0.475 e. The van der Waals surface area contributed by atoms with E-state index in [1.54, 1.807) is 13.0 Å². The summed E-state index contributed by atoms with van der Waals surface area (Å²) < 4.78 is 22.7. The summed E-state index contributed by atoms with van der Waals surface area (Å²) in [4.78, 5) is 10.8. The van der Waals surface area contributed by atoms with E-state index in [2.05, 4.69) is 0 Å². The van der Waals surface area contributed by atoms with E-state index in [1.807, 2.05) is 6.92 Å². The van der Waals surface area contributed by atoms with Crippen LogP contribution in [-0.4, -0.2) is 33.2 Å². The van der Waals surface area contributed by atoms with Gasteiger partial charge in [-0.05, 0) is 26.3 Å². The molecule has 3 unspecified atom stereocenters. The van der Waals surface area contributed by atoms with Crippen molar-refractivity contribution >= 4 is 16.8 Å². The van der Waals surface area contributed by atoms with Crippen LogP contribution in [0.15, 0.2) is 10.5 Å². The van der Waals surface area contributed by atoms with Crippen LogP contribution in [0, 0.1) is 6.92 Å². The van der Waals surface area contributed by atoms with Gasteiger partial charge in [0.2, 0.25) is 5.76 Å². The lowest BCUT2D eigenvalue weighted by Crippen LogP contribution is -2.23. The zero-order chi connectivity index (χ0) is 13.3. The van der Waals surface area contributed by atoms with Crippen LogP contribution in [0.4, 0.5) is 0 Å². The third kappa shape index (κ3) is 2.64. The number of carbonyl (C=O) groups is 1. The molecular weight excluding hydrogens is 256 g/mol. The lowest BCUT2D eigenvalue weighted by Gasteiger charge is -2.12. The highest BCUT2D eigenvalue weighted by Crippen LogP contribution is 2.23. The van der Waals surface area contributed by atoms with Gasteiger partial charge >= 0.3 is 5.97 Å². The lowest BCUT2D eigenvalue weighted by atomic mass is 10.2. The topological polar surface area (TPSA) is 76.7 Å². The van der Waals surface area contributed by atoms with Crippen molar-refractivity contribution in [2.75, 3.05) is 6.61 Å². The van der Waals surface area contributed by atoms with Gasteiger partial charge in [-0.3, -0.25) is 4.21 Å². The summed E-state index contributed by atoms with van der Waals surface area (Å²) in [6.45, 7) is 4.21. The average molecular weight is 272 g/mol. The van der Waals surface area contributed by atoms with Gasteiger partial charge in [0, 0.05) is 23.0 Å². The zero-order valence-corrected chi connectivity index (χ0v) is 11.2. The van der Waals surface area contributed by atoms with Crippen LogP contribution in [0.1, 0.15) is 35.2 Å². The number of hydrogen-bond acceptors (Lipinski definition) is 4. The highest BCUT2D eigenvalue weighted by Gasteiger charge is 2.30. The van der Waals surface area contributed by atoms with Crippen LogP contribution < -0.4 is 0 Å². The first-order valence-corrected chi connectivity index (χ1v) is 7.18. The van der Waals surface area contributed by atoms with Crippen LogP contribution in [0.25, 0.3) is 0 Å². The summed E-state index contributed by atoms with van der Waals surface area (Å²) in [6, 6.07) is 1.64. The van der Waals surface area contributed by atoms with E-state index in [1.165, 1.54) is 0 Å². The van der Waals surface area contributed by atoms with Crippen molar-refractivity contribution in [3.05, 3.63) is 23.2 Å². The normalized spacial score (nSPS) is 25.2. The zero-order valence-electron chi connectivity index (χ0n) is 10.3. The Kier molecular flexibility index (Phi) is 3.87. The molecule has 5 nitrogen and oxygen atoms in total. The van der Waals surface area contributed by atoms with Crippen LogP contribution >= 0.6 is 0 Å². The fourth-order valence-electron chi connectivity index (χ4n) is 2.14. The quantitative estimate of drug-likeness (QED) is 0.903. The molecule has 0 spiro atoms. The highest BCUT2D eigenvalue weighted by atomic mass is 32.2. The van der Waals surface area contributed by atoms with Gasteiger partial charge in [0.1, 0.15) is 5.76 Å². The Morgan fingerprint density at radius 2 is 2.33 bits per heavy atom. The van der Waals surface area contributed by atoms with E-state index in [0.29, 0.717) is 17.9 Å². The first-order valence-electron chi connectivity index (χ1n) is 5.80. The first-order chi connectivity index (χ1) is 8.49. The van der Waals surface area contributed by atoms with Crippen LogP contribution in [0.3, 0.4) is 0 Å². The maximum atomic E-state index is 12.1. The lowest BCUT2D eigenvalue weighted by molar-refractivity contribution is 0.0659. The van der Waals surface area contributed by atoms with Crippen LogP contribution in [0.2, 0.25) is 0 Å². The highest BCUT2D eigenvalue weighted by molar-refractivity contribution is 7.84. The molecule has 1 aliphatic heterocycles. The van der Waals surface area contributed by atoms with E-state index in [-0.39, 0.29) is 22.9 Å². The molecule has 3 atom stereocenters. The Labute approximate surface area is 108 Å². The van der Waals surface area contributed by atoms with Gasteiger partial charge in [0.05, 0.1) is 17.1 Å². The summed E-state index contributed by atoms with van der Waals surface area (Å²) >= 11 is 0. The van der Waals surface area contributed by atoms with Gasteiger partial charge in [-0.25, -0.2) is 4.79 Å². The summed E-state index contributed by atoms with van der Waals surface area (Å²) in [5, 5.41) is 8.88. The molecule has 18 heavy (non-hydrogen) atoms. The SMILES string of the molecule is Cc1cc(CS(=O)C2CCOC2C)oc1C(=O)O. The van der Waals surface area contributed by atoms with Crippen molar-refractivity contribution in [2.24, 2.45) is 0 Å². The maximum absolute atomic E-state index is 12.1. The molecule has 2 heterocycles. The average Bonchev–Trinajstić information content (AvgIpc) is 2.84. The summed E-state index contributed by atoms with van der Waals surface area (Å²) in [5.41, 5.74) is 0.560. The number of hydrogen-bond donors (Lipinski definition) is 1. The largest absolute Gasteiger partial charge is 0.475 e. The number of aryl methyl sites for hydroxylation is 1. The molecule has 1 aliphatic rings. The number of furan rings is 1. The number of ether oxygens (including phenoxy) is 1. The van der Waals surface area contributed by atoms with Gasteiger partial charge in [-0.15, -0.1) is 0 Å². The predicted octanol–water partition coefficient (Wildman–Crippen LogP) is 1.71. The van der Waals surface area contributed by atoms with Crippen molar-refractivity contribution in [2.45, 2.75) is 37.4 Å². The fraction of sp³-hybridized carbons (Fsp3) is 0.583. The summed E-state index contributed by atoms with van der Waals surface area (Å²) in [7, 11) is -1.10. The number of carboxylic acids is 1. The van der Waals surface area contributed by atoms with Gasteiger partial charge < -0.3 is 14.3 Å². The third-order valence-electron chi connectivity index (χ3n) is 3.09. The van der Waals surface area contributed by atoms with Crippen LogP contribution in [-0.2, 0) is 21.3 Å². The molecule has 0 saturated carbocycles. The van der Waals surface area contributed by atoms with Gasteiger partial charge in [-0.1, -0.05) is 0 Å². The molecular formula is C12H16O5S. The van der Waals surface area contributed by atoms with E-state index in [4.69, 9.17) is 14.3 Å². The molecule has 2 rings (SSSR count). The van der Waals surface area contributed by atoms with Gasteiger partial charge in [0.25, 0.3) is 0 Å². The fourth-order valence-corrected chi connectivity index (χ4v) is 3.64.